The van der Waals surface area contributed by atoms with Crippen LogP contribution in [0.2, 0.25) is 0 Å². The van der Waals surface area contributed by atoms with Crippen molar-refractivity contribution in [1.29, 1.82) is 0 Å². The number of rotatable bonds is 5. The van der Waals surface area contributed by atoms with Gasteiger partial charge in [-0.15, -0.1) is 0 Å². The third kappa shape index (κ3) is 2.63. The molecule has 0 amide bonds. The van der Waals surface area contributed by atoms with E-state index in [1.807, 2.05) is 18.3 Å². The van der Waals surface area contributed by atoms with Crippen LogP contribution in [-0.4, -0.2) is 21.9 Å². The van der Waals surface area contributed by atoms with Crippen molar-refractivity contribution in [3.63, 3.8) is 0 Å². The topological polar surface area (TPSA) is 55.0 Å². The summed E-state index contributed by atoms with van der Waals surface area (Å²) < 4.78 is 4.37. The lowest BCUT2D eigenvalue weighted by molar-refractivity contribution is 0.650. The van der Waals surface area contributed by atoms with Crippen LogP contribution in [0.15, 0.2) is 24.5 Å². The van der Waals surface area contributed by atoms with Gasteiger partial charge in [-0.3, -0.25) is 4.98 Å². The molecular weight excluding hydrogens is 268 g/mol. The Kier molecular flexibility index (Phi) is 3.61. The van der Waals surface area contributed by atoms with Crippen molar-refractivity contribution in [2.24, 2.45) is 5.92 Å². The van der Waals surface area contributed by atoms with Gasteiger partial charge in [0.2, 0.25) is 0 Å². The molecule has 1 saturated carbocycles. The molecule has 2 heterocycles. The van der Waals surface area contributed by atoms with Crippen LogP contribution in [-0.2, 0) is 0 Å². The summed E-state index contributed by atoms with van der Waals surface area (Å²) in [5.41, 5.74) is 8.19. The van der Waals surface area contributed by atoms with Crippen LogP contribution < -0.4 is 10.6 Å². The normalized spacial score (nSPS) is 14.8. The second kappa shape index (κ2) is 5.40. The molecule has 0 unspecified atom stereocenters. The molecule has 5 heteroatoms. The third-order valence-corrected chi connectivity index (χ3v) is 4.59. The maximum atomic E-state index is 6.10. The highest BCUT2D eigenvalue weighted by Gasteiger charge is 2.28. The molecule has 0 bridgehead atoms. The largest absolute Gasteiger partial charge is 0.382 e. The Bertz CT molecular complexity index is 575. The average Bonchev–Trinajstić information content (AvgIpc) is 3.19. The summed E-state index contributed by atoms with van der Waals surface area (Å²) in [6.45, 7) is 5.56. The van der Waals surface area contributed by atoms with Gasteiger partial charge in [0.15, 0.2) is 0 Å². The molecule has 2 aromatic heterocycles. The van der Waals surface area contributed by atoms with Crippen molar-refractivity contribution in [2.45, 2.75) is 32.7 Å². The van der Waals surface area contributed by atoms with Crippen molar-refractivity contribution in [3.8, 4) is 11.1 Å². The summed E-state index contributed by atoms with van der Waals surface area (Å²) in [4.78, 5) is 6.64. The Morgan fingerprint density at radius 1 is 1.45 bits per heavy atom. The second-order valence-corrected chi connectivity index (χ2v) is 6.43. The number of hydrogen-bond donors (Lipinski definition) is 1. The van der Waals surface area contributed by atoms with E-state index in [1.165, 1.54) is 29.4 Å². The van der Waals surface area contributed by atoms with Crippen molar-refractivity contribution in [3.05, 3.63) is 24.5 Å². The number of hydrogen-bond acceptors (Lipinski definition) is 5. The zero-order valence-electron chi connectivity index (χ0n) is 11.9. The smallest absolute Gasteiger partial charge is 0.147 e. The summed E-state index contributed by atoms with van der Waals surface area (Å²) in [5, 5.41) is 1.18. The van der Waals surface area contributed by atoms with Crippen LogP contribution in [0.25, 0.3) is 11.1 Å². The maximum absolute atomic E-state index is 6.10. The van der Waals surface area contributed by atoms with E-state index in [0.717, 1.165) is 23.6 Å². The molecule has 2 aromatic rings. The van der Waals surface area contributed by atoms with E-state index in [-0.39, 0.29) is 0 Å². The number of nitrogens with two attached hydrogens (primary N) is 1. The van der Waals surface area contributed by atoms with Crippen LogP contribution in [0.3, 0.4) is 0 Å². The van der Waals surface area contributed by atoms with Crippen LogP contribution >= 0.6 is 11.5 Å². The molecule has 0 aromatic carbocycles. The number of pyridine rings is 1. The highest BCUT2D eigenvalue weighted by Crippen LogP contribution is 2.41. The average molecular weight is 288 g/mol. The van der Waals surface area contributed by atoms with Gasteiger partial charge in [-0.05, 0) is 50.2 Å². The first-order valence-electron chi connectivity index (χ1n) is 7.09. The Hall–Kier alpha value is -1.62. The monoisotopic (exact) mass is 288 g/mol. The molecule has 0 radical (unpaired) electrons. The van der Waals surface area contributed by atoms with E-state index in [0.29, 0.717) is 11.9 Å². The minimum Gasteiger partial charge on any atom is -0.382 e. The van der Waals surface area contributed by atoms with Crippen molar-refractivity contribution in [1.82, 2.24) is 9.36 Å². The van der Waals surface area contributed by atoms with E-state index in [4.69, 9.17) is 5.73 Å². The molecule has 3 rings (SSSR count). The quantitative estimate of drug-likeness (QED) is 0.916. The van der Waals surface area contributed by atoms with E-state index in [1.54, 1.807) is 6.20 Å². The zero-order chi connectivity index (χ0) is 14.1. The van der Waals surface area contributed by atoms with E-state index in [9.17, 15) is 0 Å². The van der Waals surface area contributed by atoms with Gasteiger partial charge in [0.25, 0.3) is 0 Å². The number of nitrogen functional groups attached to an aromatic ring is 1. The molecule has 0 aliphatic heterocycles. The summed E-state index contributed by atoms with van der Waals surface area (Å²) in [6.07, 6.45) is 6.34. The summed E-state index contributed by atoms with van der Waals surface area (Å²) in [6, 6.07) is 4.44. The van der Waals surface area contributed by atoms with Gasteiger partial charge in [0, 0.05) is 30.5 Å². The molecule has 4 nitrogen and oxygen atoms in total. The van der Waals surface area contributed by atoms with Crippen LogP contribution in [0.1, 0.15) is 26.7 Å². The highest BCUT2D eigenvalue weighted by atomic mass is 32.1. The van der Waals surface area contributed by atoms with Gasteiger partial charge < -0.3 is 10.6 Å². The van der Waals surface area contributed by atoms with Crippen LogP contribution in [0, 0.1) is 5.92 Å². The van der Waals surface area contributed by atoms with Gasteiger partial charge in [0.1, 0.15) is 10.8 Å². The van der Waals surface area contributed by atoms with Gasteiger partial charge in [-0.25, -0.2) is 0 Å². The molecule has 1 aliphatic carbocycles. The fraction of sp³-hybridized carbons (Fsp3) is 0.467. The lowest BCUT2D eigenvalue weighted by Gasteiger charge is -2.28. The SMILES string of the molecule is CC(C)N(CC1CC1)c1snc(N)c1-c1cccnc1. The number of aromatic nitrogens is 2. The number of nitrogens with zero attached hydrogens (tertiary/aromatic N) is 3. The molecule has 0 saturated heterocycles. The first kappa shape index (κ1) is 13.4. The first-order chi connectivity index (χ1) is 9.66. The molecule has 0 atom stereocenters. The lowest BCUT2D eigenvalue weighted by Crippen LogP contribution is -2.32. The zero-order valence-corrected chi connectivity index (χ0v) is 12.7. The molecule has 106 valence electrons. The van der Waals surface area contributed by atoms with E-state index >= 15 is 0 Å². The predicted octanol–water partition coefficient (Wildman–Crippen LogP) is 3.41. The van der Waals surface area contributed by atoms with Gasteiger partial charge in [-0.2, -0.15) is 4.37 Å². The molecule has 1 fully saturated rings. The fourth-order valence-corrected chi connectivity index (χ4v) is 3.36. The number of anilines is 2. The minimum atomic E-state index is 0.450. The van der Waals surface area contributed by atoms with Crippen molar-refractivity contribution in [2.75, 3.05) is 17.2 Å². The molecular formula is C15H20N4S. The van der Waals surface area contributed by atoms with Gasteiger partial charge >= 0.3 is 0 Å². The van der Waals surface area contributed by atoms with Gasteiger partial charge in [0.05, 0.1) is 5.56 Å². The third-order valence-electron chi connectivity index (χ3n) is 3.69. The van der Waals surface area contributed by atoms with Crippen molar-refractivity contribution >= 4 is 22.4 Å². The minimum absolute atomic E-state index is 0.450. The van der Waals surface area contributed by atoms with E-state index < -0.39 is 0 Å². The Labute approximate surface area is 123 Å². The Morgan fingerprint density at radius 2 is 2.25 bits per heavy atom. The Balaban J connectivity index is 2.00. The highest BCUT2D eigenvalue weighted by molar-refractivity contribution is 7.11. The fourth-order valence-electron chi connectivity index (χ4n) is 2.38. The lowest BCUT2D eigenvalue weighted by atomic mass is 10.1. The first-order valence-corrected chi connectivity index (χ1v) is 7.86. The second-order valence-electron chi connectivity index (χ2n) is 5.68. The molecule has 1 aliphatic rings. The predicted molar refractivity (Wildman–Crippen MR) is 85.0 cm³/mol. The molecule has 0 spiro atoms. The maximum Gasteiger partial charge on any atom is 0.147 e. The summed E-state index contributed by atoms with van der Waals surface area (Å²) in [7, 11) is 0. The standard InChI is InChI=1S/C15H20N4S/c1-10(2)19(9-11-5-6-11)15-13(14(16)18-20-15)12-4-3-7-17-8-12/h3-4,7-8,10-11H,5-6,9H2,1-2H3,(H2,16,18). The van der Waals surface area contributed by atoms with Crippen molar-refractivity contribution < 1.29 is 0 Å². The summed E-state index contributed by atoms with van der Waals surface area (Å²) in [5.74, 6) is 1.45. The van der Waals surface area contributed by atoms with Gasteiger partial charge in [-0.1, -0.05) is 6.07 Å². The van der Waals surface area contributed by atoms with E-state index in [2.05, 4.69) is 28.1 Å². The molecule has 20 heavy (non-hydrogen) atoms. The Morgan fingerprint density at radius 3 is 2.85 bits per heavy atom. The summed E-state index contributed by atoms with van der Waals surface area (Å²) >= 11 is 1.50. The molecule has 2 N–H and O–H groups in total. The van der Waals surface area contributed by atoms with Crippen LogP contribution in [0.5, 0.6) is 0 Å². The van der Waals surface area contributed by atoms with Crippen LogP contribution in [0.4, 0.5) is 10.8 Å².